The summed E-state index contributed by atoms with van der Waals surface area (Å²) in [5.41, 5.74) is 0.211. The molecule has 20 heavy (non-hydrogen) atoms. The molecule has 3 rings (SSSR count). The van der Waals surface area contributed by atoms with Crippen molar-refractivity contribution in [2.75, 3.05) is 6.54 Å². The van der Waals surface area contributed by atoms with Gasteiger partial charge in [-0.1, -0.05) is 19.3 Å². The van der Waals surface area contributed by atoms with Crippen molar-refractivity contribution in [2.24, 2.45) is 5.92 Å². The predicted octanol–water partition coefficient (Wildman–Crippen LogP) is 2.71. The van der Waals surface area contributed by atoms with Gasteiger partial charge in [0.25, 0.3) is 0 Å². The first-order valence-electron chi connectivity index (χ1n) is 8.31. The summed E-state index contributed by atoms with van der Waals surface area (Å²) in [5.74, 6) is -0.773. The molecule has 4 heteroatoms. The summed E-state index contributed by atoms with van der Waals surface area (Å²) in [6.07, 6.45) is 11.6. The maximum absolute atomic E-state index is 11.1. The van der Waals surface area contributed by atoms with Crippen LogP contribution in [0.2, 0.25) is 0 Å². The number of hydrogen-bond acceptors (Lipinski definition) is 3. The second kappa shape index (κ2) is 6.02. The SMILES string of the molecule is O=C(O)C1CCCC(NCC2CCC3(CCCC3)O2)C1. The van der Waals surface area contributed by atoms with Crippen molar-refractivity contribution >= 4 is 5.97 Å². The molecule has 114 valence electrons. The van der Waals surface area contributed by atoms with Gasteiger partial charge in [-0.25, -0.2) is 0 Å². The van der Waals surface area contributed by atoms with Gasteiger partial charge in [0.15, 0.2) is 0 Å². The fraction of sp³-hybridized carbons (Fsp3) is 0.938. The lowest BCUT2D eigenvalue weighted by Crippen LogP contribution is -2.40. The van der Waals surface area contributed by atoms with Crippen molar-refractivity contribution in [2.45, 2.75) is 82.0 Å². The van der Waals surface area contributed by atoms with Crippen LogP contribution in [-0.2, 0) is 9.53 Å². The van der Waals surface area contributed by atoms with Crippen LogP contribution in [0.25, 0.3) is 0 Å². The van der Waals surface area contributed by atoms with Crippen molar-refractivity contribution in [3.05, 3.63) is 0 Å². The summed E-state index contributed by atoms with van der Waals surface area (Å²) >= 11 is 0. The van der Waals surface area contributed by atoms with E-state index in [0.29, 0.717) is 12.1 Å². The normalized spacial score (nSPS) is 36.5. The van der Waals surface area contributed by atoms with Gasteiger partial charge >= 0.3 is 5.97 Å². The van der Waals surface area contributed by atoms with E-state index in [9.17, 15) is 4.79 Å². The quantitative estimate of drug-likeness (QED) is 0.832. The zero-order chi connectivity index (χ0) is 14.0. The Hall–Kier alpha value is -0.610. The van der Waals surface area contributed by atoms with Crippen LogP contribution in [0.15, 0.2) is 0 Å². The van der Waals surface area contributed by atoms with E-state index in [1.807, 2.05) is 0 Å². The number of rotatable bonds is 4. The topological polar surface area (TPSA) is 58.6 Å². The van der Waals surface area contributed by atoms with Gasteiger partial charge in [-0.2, -0.15) is 0 Å². The van der Waals surface area contributed by atoms with Crippen LogP contribution in [0.5, 0.6) is 0 Å². The highest BCUT2D eigenvalue weighted by Gasteiger charge is 2.42. The Balaban J connectivity index is 1.42. The maximum Gasteiger partial charge on any atom is 0.306 e. The van der Waals surface area contributed by atoms with Gasteiger partial charge in [0.1, 0.15) is 0 Å². The fourth-order valence-corrected chi connectivity index (χ4v) is 4.32. The van der Waals surface area contributed by atoms with Crippen LogP contribution >= 0.6 is 0 Å². The van der Waals surface area contributed by atoms with Gasteiger partial charge in [0.05, 0.1) is 17.6 Å². The van der Waals surface area contributed by atoms with Gasteiger partial charge in [-0.3, -0.25) is 4.79 Å². The van der Waals surface area contributed by atoms with Gasteiger partial charge in [-0.15, -0.1) is 0 Å². The average Bonchev–Trinajstić information content (AvgIpc) is 3.08. The maximum atomic E-state index is 11.1. The van der Waals surface area contributed by atoms with Crippen molar-refractivity contribution < 1.29 is 14.6 Å². The molecule has 3 aliphatic rings. The first-order chi connectivity index (χ1) is 9.67. The molecule has 1 heterocycles. The highest BCUT2D eigenvalue weighted by molar-refractivity contribution is 5.70. The summed E-state index contributed by atoms with van der Waals surface area (Å²) in [4.78, 5) is 11.1. The molecule has 1 aliphatic heterocycles. The molecule has 4 nitrogen and oxygen atoms in total. The first-order valence-corrected chi connectivity index (χ1v) is 8.31. The van der Waals surface area contributed by atoms with Crippen LogP contribution in [0.4, 0.5) is 0 Å². The van der Waals surface area contributed by atoms with E-state index in [4.69, 9.17) is 9.84 Å². The Bertz CT molecular complexity index is 352. The highest BCUT2D eigenvalue weighted by atomic mass is 16.5. The molecule has 0 amide bonds. The van der Waals surface area contributed by atoms with E-state index < -0.39 is 5.97 Å². The summed E-state index contributed by atoms with van der Waals surface area (Å²) in [6.45, 7) is 0.902. The molecule has 3 unspecified atom stereocenters. The van der Waals surface area contributed by atoms with Gasteiger partial charge in [0.2, 0.25) is 0 Å². The van der Waals surface area contributed by atoms with Crippen molar-refractivity contribution in [3.63, 3.8) is 0 Å². The zero-order valence-corrected chi connectivity index (χ0v) is 12.3. The van der Waals surface area contributed by atoms with E-state index in [-0.39, 0.29) is 11.5 Å². The lowest BCUT2D eigenvalue weighted by atomic mass is 9.86. The Labute approximate surface area is 121 Å². The average molecular weight is 281 g/mol. The molecule has 0 aromatic heterocycles. The molecule has 2 saturated carbocycles. The Kier molecular flexibility index (Phi) is 4.32. The van der Waals surface area contributed by atoms with Crippen molar-refractivity contribution in [1.29, 1.82) is 0 Å². The molecule has 0 bridgehead atoms. The Morgan fingerprint density at radius 1 is 1.15 bits per heavy atom. The number of aliphatic carboxylic acids is 1. The largest absolute Gasteiger partial charge is 0.481 e. The Morgan fingerprint density at radius 3 is 2.70 bits per heavy atom. The highest BCUT2D eigenvalue weighted by Crippen LogP contribution is 2.43. The van der Waals surface area contributed by atoms with Gasteiger partial charge in [0, 0.05) is 12.6 Å². The summed E-state index contributed by atoms with van der Waals surface area (Å²) in [6, 6.07) is 0.369. The lowest BCUT2D eigenvalue weighted by Gasteiger charge is -2.29. The van der Waals surface area contributed by atoms with Gasteiger partial charge < -0.3 is 15.2 Å². The van der Waals surface area contributed by atoms with Crippen LogP contribution in [0, 0.1) is 5.92 Å². The molecule has 3 atom stereocenters. The summed E-state index contributed by atoms with van der Waals surface area (Å²) < 4.78 is 6.30. The van der Waals surface area contributed by atoms with Crippen LogP contribution in [-0.4, -0.2) is 35.4 Å². The second-order valence-electron chi connectivity index (χ2n) is 6.98. The summed E-state index contributed by atoms with van der Waals surface area (Å²) in [5, 5.41) is 12.7. The molecular formula is C16H27NO3. The molecule has 0 aromatic rings. The van der Waals surface area contributed by atoms with E-state index in [2.05, 4.69) is 5.32 Å². The minimum atomic E-state index is -0.626. The molecular weight excluding hydrogens is 254 g/mol. The molecule has 2 N–H and O–H groups in total. The van der Waals surface area contributed by atoms with Crippen LogP contribution < -0.4 is 5.32 Å². The monoisotopic (exact) mass is 281 g/mol. The van der Waals surface area contributed by atoms with E-state index in [1.165, 1.54) is 38.5 Å². The molecule has 1 saturated heterocycles. The van der Waals surface area contributed by atoms with Crippen molar-refractivity contribution in [3.8, 4) is 0 Å². The van der Waals surface area contributed by atoms with E-state index >= 15 is 0 Å². The number of carboxylic acid groups (broad SMARTS) is 1. The first kappa shape index (κ1) is 14.3. The number of nitrogens with one attached hydrogen (secondary N) is 1. The number of ether oxygens (including phenoxy) is 1. The van der Waals surface area contributed by atoms with Crippen LogP contribution in [0.3, 0.4) is 0 Å². The van der Waals surface area contributed by atoms with Crippen molar-refractivity contribution in [1.82, 2.24) is 5.32 Å². The zero-order valence-electron chi connectivity index (χ0n) is 12.3. The van der Waals surface area contributed by atoms with Crippen LogP contribution in [0.1, 0.15) is 64.2 Å². The molecule has 0 aromatic carbocycles. The number of hydrogen-bond donors (Lipinski definition) is 2. The smallest absolute Gasteiger partial charge is 0.306 e. The number of carbonyl (C=O) groups is 1. The third-order valence-corrected chi connectivity index (χ3v) is 5.51. The molecule has 3 fully saturated rings. The molecule has 1 spiro atoms. The number of carboxylic acids is 1. The standard InChI is InChI=1S/C16H27NO3/c18-15(19)12-4-3-5-13(10-12)17-11-14-6-9-16(20-14)7-1-2-8-16/h12-14,17H,1-11H2,(H,18,19). The minimum absolute atomic E-state index is 0.146. The molecule has 2 aliphatic carbocycles. The molecule has 0 radical (unpaired) electrons. The predicted molar refractivity (Wildman–Crippen MR) is 76.7 cm³/mol. The lowest BCUT2D eigenvalue weighted by molar-refractivity contribution is -0.143. The fourth-order valence-electron chi connectivity index (χ4n) is 4.32. The third kappa shape index (κ3) is 3.17. The van der Waals surface area contributed by atoms with E-state index in [0.717, 1.165) is 32.2 Å². The van der Waals surface area contributed by atoms with Gasteiger partial charge in [-0.05, 0) is 44.9 Å². The third-order valence-electron chi connectivity index (χ3n) is 5.51. The second-order valence-corrected chi connectivity index (χ2v) is 6.98. The minimum Gasteiger partial charge on any atom is -0.481 e. The van der Waals surface area contributed by atoms with E-state index in [1.54, 1.807) is 0 Å². The summed E-state index contributed by atoms with van der Waals surface area (Å²) in [7, 11) is 0. The Morgan fingerprint density at radius 2 is 1.95 bits per heavy atom.